The summed E-state index contributed by atoms with van der Waals surface area (Å²) in [4.78, 5) is 75.1. The second kappa shape index (κ2) is 55.2. The molecule has 0 spiro atoms. The van der Waals surface area contributed by atoms with E-state index in [1.807, 2.05) is 68.7 Å². The molecule has 32 heteroatoms. The van der Waals surface area contributed by atoms with Crippen molar-refractivity contribution in [2.75, 3.05) is 126 Å². The van der Waals surface area contributed by atoms with E-state index in [4.69, 9.17) is 37.9 Å². The van der Waals surface area contributed by atoms with Gasteiger partial charge in [-0.2, -0.15) is 0 Å². The number of anilines is 4. The van der Waals surface area contributed by atoms with Crippen LogP contribution in [0.15, 0.2) is 146 Å². The number of rotatable bonds is 40. The first-order valence-corrected chi connectivity index (χ1v) is 55.1. The number of benzene rings is 4. The maximum Gasteiger partial charge on any atom is 0.325 e. The topological polar surface area (TPSA) is 336 Å². The highest BCUT2D eigenvalue weighted by Gasteiger charge is 2.43. The highest BCUT2D eigenvalue weighted by molar-refractivity contribution is 5.78. The molecular weight excluding hydrogens is 1890 g/mol. The molecule has 20 rings (SSSR count). The van der Waals surface area contributed by atoms with Crippen LogP contribution in [0, 0.1) is 23.3 Å². The van der Waals surface area contributed by atoms with Crippen molar-refractivity contribution in [3.8, 4) is 0 Å². The van der Waals surface area contributed by atoms with Gasteiger partial charge in [0, 0.05) is 154 Å². The smallest absolute Gasteiger partial charge is 0.325 e. The number of nitrogens with zero attached hydrogens (tertiary/aromatic N) is 8. The van der Waals surface area contributed by atoms with Gasteiger partial charge in [0.1, 0.15) is 70.7 Å². The van der Waals surface area contributed by atoms with E-state index in [-0.39, 0.29) is 48.8 Å². The maximum absolute atomic E-state index is 14.3. The zero-order chi connectivity index (χ0) is 102. The number of carboxylic acids is 4. The van der Waals surface area contributed by atoms with Gasteiger partial charge in [-0.1, -0.05) is 48.5 Å². The third kappa shape index (κ3) is 30.2. The Hall–Kier alpha value is -10.2. The molecule has 4 aromatic heterocycles. The van der Waals surface area contributed by atoms with Gasteiger partial charge in [0.15, 0.2) is 0 Å². The number of fused-ring (bicyclic) bond motifs is 4. The number of aromatic nitrogens is 4. The van der Waals surface area contributed by atoms with Crippen LogP contribution in [0.25, 0.3) is 0 Å². The van der Waals surface area contributed by atoms with Crippen LogP contribution in [-0.4, -0.2) is 238 Å². The minimum absolute atomic E-state index is 0.00586. The van der Waals surface area contributed by atoms with E-state index in [1.54, 1.807) is 24.3 Å². The Morgan fingerprint density at radius 3 is 0.750 bits per heavy atom. The largest absolute Gasteiger partial charge is 0.480 e. The minimum Gasteiger partial charge on any atom is -0.480 e. The van der Waals surface area contributed by atoms with Crippen molar-refractivity contribution in [2.24, 2.45) is 0 Å². The monoisotopic (exact) mass is 2050 g/mol. The molecule has 8 N–H and O–H groups in total. The predicted octanol–water partition coefficient (Wildman–Crippen LogP) is 21.1. The number of pyridine rings is 4. The van der Waals surface area contributed by atoms with Crippen molar-refractivity contribution < 1.29 is 95.1 Å². The fraction of sp³-hybridized carbons (Fsp3) is 0.586. The minimum atomic E-state index is -0.959. The van der Waals surface area contributed by atoms with E-state index >= 15 is 0 Å². The first kappa shape index (κ1) is 109. The Labute approximate surface area is 868 Å². The molecule has 16 atom stereocenters. The van der Waals surface area contributed by atoms with Crippen LogP contribution in [-0.2, 0) is 82.8 Å². The summed E-state index contributed by atoms with van der Waals surface area (Å²) in [5.41, 5.74) is 10.4. The Morgan fingerprint density at radius 1 is 0.311 bits per heavy atom. The summed E-state index contributed by atoms with van der Waals surface area (Å²) in [7, 11) is 0. The number of aliphatic carboxylic acids is 4. The van der Waals surface area contributed by atoms with E-state index < -0.39 is 71.3 Å². The molecule has 12 aliphatic heterocycles. The number of ether oxygens (including phenoxy) is 8. The number of hydrogen-bond donors (Lipinski definition) is 8. The molecule has 0 aliphatic carbocycles. The Kier molecular flexibility index (Phi) is 40.7. The molecular formula is C116H152F4N12O16. The first-order valence-electron chi connectivity index (χ1n) is 55.1. The number of aryl methyl sites for hydroxylation is 4. The van der Waals surface area contributed by atoms with Gasteiger partial charge >= 0.3 is 23.9 Å². The molecule has 0 saturated carbocycles. The molecule has 12 aliphatic rings. The molecule has 0 unspecified atom stereocenters. The molecule has 800 valence electrons. The van der Waals surface area contributed by atoms with Gasteiger partial charge < -0.3 is 79.6 Å². The molecule has 0 radical (unpaired) electrons. The van der Waals surface area contributed by atoms with Crippen molar-refractivity contribution in [1.29, 1.82) is 0 Å². The van der Waals surface area contributed by atoms with Crippen molar-refractivity contribution in [1.82, 2.24) is 39.5 Å². The quantitative estimate of drug-likeness (QED) is 0.0131. The third-order valence-corrected chi connectivity index (χ3v) is 31.8. The summed E-state index contributed by atoms with van der Waals surface area (Å²) in [6.07, 6.45) is 42.5. The van der Waals surface area contributed by atoms with E-state index in [9.17, 15) is 57.2 Å². The van der Waals surface area contributed by atoms with Crippen LogP contribution in [0.5, 0.6) is 0 Å². The highest BCUT2D eigenvalue weighted by Crippen LogP contribution is 2.44. The zero-order valence-corrected chi connectivity index (χ0v) is 85.6. The molecule has 0 bridgehead atoms. The highest BCUT2D eigenvalue weighted by atomic mass is 19.1. The molecule has 16 heterocycles. The van der Waals surface area contributed by atoms with Crippen molar-refractivity contribution >= 4 is 47.1 Å². The second-order valence-electron chi connectivity index (χ2n) is 42.1. The number of unbranched alkanes of at least 4 members (excludes halogenated alkanes) is 4. The van der Waals surface area contributed by atoms with Crippen molar-refractivity contribution in [3.63, 3.8) is 0 Å². The number of carboxylic acid groups (broad SMARTS) is 4. The molecule has 8 fully saturated rings. The van der Waals surface area contributed by atoms with Gasteiger partial charge in [0.25, 0.3) is 0 Å². The Morgan fingerprint density at radius 2 is 0.541 bits per heavy atom. The maximum atomic E-state index is 14.3. The van der Waals surface area contributed by atoms with Crippen LogP contribution in [0.2, 0.25) is 0 Å². The lowest BCUT2D eigenvalue weighted by Gasteiger charge is -2.30. The van der Waals surface area contributed by atoms with Crippen LogP contribution in [0.1, 0.15) is 321 Å². The SMILES string of the molecule is O=C(O)[C@@H](c1cc(F)ccc1[C@@H]1CCCCO1)N1CC[C@@H](OCCCC[C@@H]2CCc3cccnc3N2)C1.O=C(O)[C@@H](c1cc(F)ccc1[C@@H]1CCCCO1)N1CC[C@@H](OCCCC[C@H]2CCc3cccnc3N2)C1.O=C(O)[C@H](c1cc(F)ccc1[C@@H]1CCCCO1)N1CC[C@@H](OCCCC[C@@H]2CCc3cccnc3N2)C1.O=C(O)[C@H](c1cc(F)ccc1[C@@H]1CCCCO1)N1CC[C@@H](OCCCC[C@H]2CCc3cccnc3N2)C1. The number of carbonyl (C=O) groups is 4. The summed E-state index contributed by atoms with van der Waals surface area (Å²) in [6.45, 7) is 9.85. The summed E-state index contributed by atoms with van der Waals surface area (Å²) in [5, 5.41) is 54.9. The predicted molar refractivity (Wildman–Crippen MR) is 556 cm³/mol. The summed E-state index contributed by atoms with van der Waals surface area (Å²) >= 11 is 0. The number of hydrogen-bond acceptors (Lipinski definition) is 24. The van der Waals surface area contributed by atoms with Gasteiger partial charge in [-0.3, -0.25) is 38.8 Å². The summed E-state index contributed by atoms with van der Waals surface area (Å²) in [5.74, 6) is -1.43. The van der Waals surface area contributed by atoms with Gasteiger partial charge in [-0.25, -0.2) is 37.5 Å². The van der Waals surface area contributed by atoms with Crippen molar-refractivity contribution in [2.45, 2.75) is 328 Å². The van der Waals surface area contributed by atoms with Crippen molar-refractivity contribution in [3.05, 3.63) is 236 Å². The average molecular weight is 2050 g/mol. The first-order chi connectivity index (χ1) is 72.3. The molecule has 28 nitrogen and oxygen atoms in total. The van der Waals surface area contributed by atoms with E-state index in [1.165, 1.54) is 70.8 Å². The molecule has 0 amide bonds. The lowest BCUT2D eigenvalue weighted by Crippen LogP contribution is -2.34. The average Bonchev–Trinajstić information content (AvgIpc) is 1.29. The Balaban J connectivity index is 0.000000135. The standard InChI is InChI=1S/4C29H38FN3O4/c4*30-21-10-12-24(26-8-2-4-17-37-26)25(18-21)27(29(34)35)33-15-13-23(19-33)36-16-3-1-7-22-11-9-20-6-5-14-31-28(20)32-22/h4*5-6,10,12,14,18,22-23,26-27H,1-4,7-9,11,13,15-17,19H2,(H,31,32)(H,34,35)/t22-,23+,26-,27+;22-,23+,26-,27-;22-,23-,26+,27+;22-,23-,26+,27-/m0011/s1. The number of likely N-dealkylation sites (tertiary alicyclic amines) is 4. The fourth-order valence-electron chi connectivity index (χ4n) is 24.0. The second-order valence-corrected chi connectivity index (χ2v) is 42.1. The third-order valence-electron chi connectivity index (χ3n) is 31.8. The number of halogens is 4. The molecule has 148 heavy (non-hydrogen) atoms. The molecule has 8 aromatic rings. The Bertz CT molecular complexity index is 4910. The van der Waals surface area contributed by atoms with Crippen LogP contribution in [0.3, 0.4) is 0 Å². The van der Waals surface area contributed by atoms with Crippen LogP contribution in [0.4, 0.5) is 40.8 Å². The zero-order valence-electron chi connectivity index (χ0n) is 85.6. The van der Waals surface area contributed by atoms with Gasteiger partial charge in [-0.05, 0) is 371 Å². The lowest BCUT2D eigenvalue weighted by molar-refractivity contribution is -0.144. The van der Waals surface area contributed by atoms with E-state index in [0.29, 0.717) is 152 Å². The number of nitrogens with one attached hydrogen (secondary N) is 4. The normalized spacial score (nSPS) is 24.8. The van der Waals surface area contributed by atoms with E-state index in [2.05, 4.69) is 65.5 Å². The lowest BCUT2D eigenvalue weighted by atomic mass is 9.92. The van der Waals surface area contributed by atoms with Crippen LogP contribution >= 0.6 is 0 Å². The van der Waals surface area contributed by atoms with Gasteiger partial charge in [0.2, 0.25) is 0 Å². The molecule has 8 saturated heterocycles. The fourth-order valence-corrected chi connectivity index (χ4v) is 24.0. The summed E-state index contributed by atoms with van der Waals surface area (Å²) in [6, 6.07) is 32.7. The molecule has 4 aromatic carbocycles. The summed E-state index contributed by atoms with van der Waals surface area (Å²) < 4.78 is 105. The van der Waals surface area contributed by atoms with Crippen LogP contribution < -0.4 is 21.3 Å². The van der Waals surface area contributed by atoms with Gasteiger partial charge in [-0.15, -0.1) is 0 Å². The van der Waals surface area contributed by atoms with Gasteiger partial charge in [0.05, 0.1) is 48.8 Å². The van der Waals surface area contributed by atoms with E-state index in [0.717, 1.165) is 277 Å².